The van der Waals surface area contributed by atoms with Gasteiger partial charge in [-0.15, -0.1) is 0 Å². The van der Waals surface area contributed by atoms with Gasteiger partial charge in [0.2, 0.25) is 5.91 Å². The van der Waals surface area contributed by atoms with Crippen molar-refractivity contribution in [1.29, 1.82) is 0 Å². The minimum Gasteiger partial charge on any atom is -0.490 e. The van der Waals surface area contributed by atoms with Gasteiger partial charge >= 0.3 is 6.18 Å². The lowest BCUT2D eigenvalue weighted by Crippen LogP contribution is -2.40. The molecule has 0 bridgehead atoms. The normalized spacial score (nSPS) is 27.7. The molecule has 2 amide bonds. The van der Waals surface area contributed by atoms with Gasteiger partial charge in [-0.2, -0.15) is 13.2 Å². The molecule has 1 N–H and O–H groups in total. The predicted octanol–water partition coefficient (Wildman–Crippen LogP) is 4.32. The lowest BCUT2D eigenvalue weighted by Gasteiger charge is -2.32. The Kier molecular flexibility index (Phi) is 6.14. The summed E-state index contributed by atoms with van der Waals surface area (Å²) in [6.45, 7) is 1.49. The lowest BCUT2D eigenvalue weighted by molar-refractivity contribution is -0.185. The summed E-state index contributed by atoms with van der Waals surface area (Å²) < 4.78 is 44.9. The van der Waals surface area contributed by atoms with Crippen molar-refractivity contribution >= 4 is 17.6 Å². The zero-order valence-electron chi connectivity index (χ0n) is 19.1. The third kappa shape index (κ3) is 4.97. The zero-order valence-corrected chi connectivity index (χ0v) is 19.1. The Balaban J connectivity index is 1.17. The fraction of sp³-hybridized carbons (Fsp3) is 0.520. The fourth-order valence-electron chi connectivity index (χ4n) is 5.42. The number of amides is 2. The van der Waals surface area contributed by atoms with E-state index < -0.39 is 18.0 Å². The van der Waals surface area contributed by atoms with Crippen LogP contribution in [0.3, 0.4) is 0 Å². The molecule has 2 aromatic heterocycles. The van der Waals surface area contributed by atoms with E-state index in [1.165, 1.54) is 6.20 Å². The number of hydrogen-bond acceptors (Lipinski definition) is 5. The molecule has 0 radical (unpaired) electrons. The molecule has 2 aliphatic carbocycles. The summed E-state index contributed by atoms with van der Waals surface area (Å²) in [5.74, 6) is -1.01. The van der Waals surface area contributed by atoms with Crippen LogP contribution < -0.4 is 10.1 Å². The second-order valence-corrected chi connectivity index (χ2v) is 9.88. The maximum Gasteiger partial charge on any atom is 0.391 e. The summed E-state index contributed by atoms with van der Waals surface area (Å²) in [6.07, 6.45) is 0.467. The van der Waals surface area contributed by atoms with Gasteiger partial charge in [-0.25, -0.2) is 9.97 Å². The number of hydrogen-bond donors (Lipinski definition) is 1. The third-order valence-corrected chi connectivity index (χ3v) is 7.56. The molecule has 3 heterocycles. The minimum atomic E-state index is -4.18. The van der Waals surface area contributed by atoms with Gasteiger partial charge in [0.05, 0.1) is 12.5 Å². The smallest absolute Gasteiger partial charge is 0.391 e. The van der Waals surface area contributed by atoms with Gasteiger partial charge in [0.1, 0.15) is 5.82 Å². The van der Waals surface area contributed by atoms with E-state index in [4.69, 9.17) is 4.74 Å². The van der Waals surface area contributed by atoms with Gasteiger partial charge in [-0.05, 0) is 62.3 Å². The van der Waals surface area contributed by atoms with Crippen molar-refractivity contribution in [3.05, 3.63) is 48.4 Å². The van der Waals surface area contributed by atoms with Crippen LogP contribution in [0.25, 0.3) is 0 Å². The average molecular weight is 489 g/mol. The number of alkyl halides is 3. The number of ether oxygens (including phenoxy) is 1. The highest BCUT2D eigenvalue weighted by Gasteiger charge is 2.61. The van der Waals surface area contributed by atoms with E-state index in [0.29, 0.717) is 37.2 Å². The Bertz CT molecular complexity index is 1090. The summed E-state index contributed by atoms with van der Waals surface area (Å²) in [6, 6.07) is 8.57. The van der Waals surface area contributed by atoms with Crippen molar-refractivity contribution in [1.82, 2.24) is 14.9 Å². The van der Waals surface area contributed by atoms with Gasteiger partial charge in [-0.1, -0.05) is 6.07 Å². The van der Waals surface area contributed by atoms with Gasteiger partial charge < -0.3 is 15.0 Å². The molecule has 0 aromatic carbocycles. The molecule has 1 aliphatic heterocycles. The van der Waals surface area contributed by atoms with E-state index >= 15 is 0 Å². The van der Waals surface area contributed by atoms with Gasteiger partial charge in [0.25, 0.3) is 5.91 Å². The monoisotopic (exact) mass is 488 g/mol. The van der Waals surface area contributed by atoms with E-state index in [2.05, 4.69) is 15.3 Å². The highest BCUT2D eigenvalue weighted by atomic mass is 19.4. The number of halogens is 3. The molecule has 3 fully saturated rings. The molecular formula is C25H27F3N4O3. The Morgan fingerprint density at radius 3 is 2.57 bits per heavy atom. The van der Waals surface area contributed by atoms with E-state index in [1.54, 1.807) is 41.4 Å². The number of aromatic nitrogens is 2. The number of carbonyl (C=O) groups is 2. The lowest BCUT2D eigenvalue weighted by atomic mass is 9.81. The number of rotatable bonds is 6. The van der Waals surface area contributed by atoms with Crippen LogP contribution in [0, 0.1) is 23.2 Å². The standard InChI is InChI=1S/C25H27F3N4O3/c26-25(27,28)17-8-6-16(7-9-17)23(34)32-13-18-12-24(18,14-32)15-35-19-4-3-11-30-21(19)22(33)31-20-5-1-2-10-29-20/h1-5,10-11,16-18H,6-9,12-15H2,(H,29,31,33)/t16-,17-,18?,24?. The molecule has 5 rings (SSSR count). The quantitative estimate of drug-likeness (QED) is 0.655. The predicted molar refractivity (Wildman–Crippen MR) is 121 cm³/mol. The molecule has 2 unspecified atom stereocenters. The van der Waals surface area contributed by atoms with Crippen molar-refractivity contribution in [3.8, 4) is 5.75 Å². The van der Waals surface area contributed by atoms with Crippen LogP contribution in [0.2, 0.25) is 0 Å². The van der Waals surface area contributed by atoms with E-state index in [9.17, 15) is 22.8 Å². The van der Waals surface area contributed by atoms with E-state index in [-0.39, 0.29) is 48.6 Å². The number of anilines is 1. The molecule has 2 saturated carbocycles. The Morgan fingerprint density at radius 1 is 1.09 bits per heavy atom. The zero-order chi connectivity index (χ0) is 24.6. The van der Waals surface area contributed by atoms with Crippen molar-refractivity contribution in [2.75, 3.05) is 25.0 Å². The first kappa shape index (κ1) is 23.6. The maximum atomic E-state index is 13.0. The highest BCUT2D eigenvalue weighted by Crippen LogP contribution is 2.58. The van der Waals surface area contributed by atoms with Crippen molar-refractivity contribution < 1.29 is 27.5 Å². The fourth-order valence-corrected chi connectivity index (χ4v) is 5.42. The first-order chi connectivity index (χ1) is 16.7. The van der Waals surface area contributed by atoms with Crippen LogP contribution in [0.1, 0.15) is 42.6 Å². The highest BCUT2D eigenvalue weighted by molar-refractivity contribution is 6.04. The molecule has 7 nitrogen and oxygen atoms in total. The van der Waals surface area contributed by atoms with Crippen LogP contribution in [-0.2, 0) is 4.79 Å². The number of nitrogens with one attached hydrogen (secondary N) is 1. The molecule has 10 heteroatoms. The summed E-state index contributed by atoms with van der Waals surface area (Å²) in [5.41, 5.74) is -0.0252. The third-order valence-electron chi connectivity index (χ3n) is 7.56. The van der Waals surface area contributed by atoms with Crippen LogP contribution in [-0.4, -0.2) is 52.6 Å². The molecule has 186 valence electrons. The number of likely N-dealkylation sites (tertiary alicyclic amines) is 1. The largest absolute Gasteiger partial charge is 0.490 e. The number of pyridine rings is 2. The maximum absolute atomic E-state index is 13.0. The molecule has 3 aliphatic rings. The van der Waals surface area contributed by atoms with Crippen molar-refractivity contribution in [3.63, 3.8) is 0 Å². The molecule has 2 atom stereocenters. The second-order valence-electron chi connectivity index (χ2n) is 9.88. The van der Waals surface area contributed by atoms with Gasteiger partial charge in [-0.3, -0.25) is 9.59 Å². The first-order valence-electron chi connectivity index (χ1n) is 11.9. The van der Waals surface area contributed by atoms with Crippen LogP contribution in [0.5, 0.6) is 5.75 Å². The van der Waals surface area contributed by atoms with Crippen molar-refractivity contribution in [2.45, 2.75) is 38.3 Å². The van der Waals surface area contributed by atoms with Crippen molar-refractivity contribution in [2.24, 2.45) is 23.2 Å². The average Bonchev–Trinajstić information content (AvgIpc) is 3.41. The Morgan fingerprint density at radius 2 is 1.86 bits per heavy atom. The number of carbonyl (C=O) groups excluding carboxylic acids is 2. The van der Waals surface area contributed by atoms with Crippen LogP contribution in [0.15, 0.2) is 42.7 Å². The second kappa shape index (κ2) is 9.13. The van der Waals surface area contributed by atoms with Crippen LogP contribution in [0.4, 0.5) is 19.0 Å². The Hall–Kier alpha value is -3.17. The van der Waals surface area contributed by atoms with E-state index in [1.807, 2.05) is 0 Å². The summed E-state index contributed by atoms with van der Waals surface area (Å²) in [7, 11) is 0. The summed E-state index contributed by atoms with van der Waals surface area (Å²) in [4.78, 5) is 35.8. The number of fused-ring (bicyclic) bond motifs is 1. The van der Waals surface area contributed by atoms with Crippen LogP contribution >= 0.6 is 0 Å². The van der Waals surface area contributed by atoms with Gasteiger partial charge in [0, 0.05) is 36.8 Å². The number of nitrogens with zero attached hydrogens (tertiary/aromatic N) is 3. The first-order valence-corrected chi connectivity index (χ1v) is 11.9. The Labute approximate surface area is 201 Å². The molecule has 1 saturated heterocycles. The summed E-state index contributed by atoms with van der Waals surface area (Å²) >= 11 is 0. The SMILES string of the molecule is O=C(Nc1ccccn1)c1ncccc1OCC12CC1CN(C(=O)[C@H]1CC[C@H](C(F)(F)F)CC1)C2. The van der Waals surface area contributed by atoms with Gasteiger partial charge in [0.15, 0.2) is 11.4 Å². The van der Waals surface area contributed by atoms with E-state index in [0.717, 1.165) is 6.42 Å². The minimum absolute atomic E-state index is 0.0236. The molecular weight excluding hydrogens is 461 g/mol. The summed E-state index contributed by atoms with van der Waals surface area (Å²) in [5, 5.41) is 2.70. The molecule has 35 heavy (non-hydrogen) atoms. The topological polar surface area (TPSA) is 84.4 Å². The molecule has 0 spiro atoms. The number of piperidine rings is 1. The molecule has 2 aromatic rings.